The molecule has 1 aliphatic rings. The molecule has 1 heterocycles. The van der Waals surface area contributed by atoms with E-state index in [4.69, 9.17) is 9.97 Å². The van der Waals surface area contributed by atoms with Gasteiger partial charge in [0.25, 0.3) is 0 Å². The van der Waals surface area contributed by atoms with Crippen LogP contribution in [0, 0.1) is 0 Å². The van der Waals surface area contributed by atoms with Crippen molar-refractivity contribution in [3.8, 4) is 67.2 Å². The standard InChI is InChI=1S/C57H38N2/c1-4-18-39(19-5-1)44-35-45(37-46(36-44)56-58-54-33-15-12-30-51(54)55(59-56)40-20-6-2-7-21-40)42-23-16-22-41(34-42)43-24-17-27-48(38-43)57(47-25-8-3-9-26-47)52-31-13-10-28-49(52)50-29-11-14-32-53(50)57/h1-38H. The van der Waals surface area contributed by atoms with Gasteiger partial charge in [0.2, 0.25) is 0 Å². The third-order valence-electron chi connectivity index (χ3n) is 11.9. The van der Waals surface area contributed by atoms with E-state index >= 15 is 0 Å². The maximum absolute atomic E-state index is 5.28. The van der Waals surface area contributed by atoms with Gasteiger partial charge in [-0.3, -0.25) is 0 Å². The summed E-state index contributed by atoms with van der Waals surface area (Å²) in [7, 11) is 0. The highest BCUT2D eigenvalue weighted by atomic mass is 14.9. The summed E-state index contributed by atoms with van der Waals surface area (Å²) in [4.78, 5) is 10.4. The summed E-state index contributed by atoms with van der Waals surface area (Å²) in [6.45, 7) is 0. The second-order valence-corrected chi connectivity index (χ2v) is 15.3. The molecule has 0 saturated heterocycles. The molecule has 11 rings (SSSR count). The Bertz CT molecular complexity index is 3110. The molecule has 276 valence electrons. The third-order valence-corrected chi connectivity index (χ3v) is 11.9. The largest absolute Gasteiger partial charge is 0.228 e. The zero-order chi connectivity index (χ0) is 39.2. The summed E-state index contributed by atoms with van der Waals surface area (Å²) in [6.07, 6.45) is 0. The van der Waals surface area contributed by atoms with E-state index in [0.717, 1.165) is 55.5 Å². The van der Waals surface area contributed by atoms with Crippen LogP contribution in [0.15, 0.2) is 231 Å². The highest BCUT2D eigenvalue weighted by Crippen LogP contribution is 2.56. The predicted octanol–water partition coefficient (Wildman–Crippen LogP) is 14.3. The summed E-state index contributed by atoms with van der Waals surface area (Å²) in [5.74, 6) is 0.703. The number of rotatable bonds is 7. The fraction of sp³-hybridized carbons (Fsp3) is 0.0175. The number of aromatic nitrogens is 2. The van der Waals surface area contributed by atoms with Crippen molar-refractivity contribution in [1.82, 2.24) is 9.97 Å². The Hall–Kier alpha value is -7.68. The predicted molar refractivity (Wildman–Crippen MR) is 244 cm³/mol. The molecule has 0 unspecified atom stereocenters. The molecule has 0 atom stereocenters. The van der Waals surface area contributed by atoms with Crippen molar-refractivity contribution in [2.24, 2.45) is 0 Å². The van der Waals surface area contributed by atoms with E-state index in [1.807, 2.05) is 12.1 Å². The van der Waals surface area contributed by atoms with Crippen LogP contribution in [0.1, 0.15) is 22.3 Å². The van der Waals surface area contributed by atoms with Crippen LogP contribution in [-0.2, 0) is 5.41 Å². The molecule has 2 heteroatoms. The van der Waals surface area contributed by atoms with Gasteiger partial charge in [0, 0.05) is 16.5 Å². The molecule has 1 aromatic heterocycles. The molecule has 9 aromatic carbocycles. The molecule has 10 aromatic rings. The smallest absolute Gasteiger partial charge is 0.160 e. The number of nitrogens with zero attached hydrogens (tertiary/aromatic N) is 2. The Morgan fingerprint density at radius 1 is 0.288 bits per heavy atom. The molecule has 0 N–H and O–H groups in total. The average Bonchev–Trinajstić information content (AvgIpc) is 3.63. The molecule has 2 nitrogen and oxygen atoms in total. The van der Waals surface area contributed by atoms with Crippen LogP contribution in [0.5, 0.6) is 0 Å². The molecule has 59 heavy (non-hydrogen) atoms. The van der Waals surface area contributed by atoms with Gasteiger partial charge in [0.1, 0.15) is 0 Å². The monoisotopic (exact) mass is 750 g/mol. The Kier molecular flexibility index (Phi) is 8.41. The van der Waals surface area contributed by atoms with Crippen LogP contribution in [-0.4, -0.2) is 9.97 Å². The Balaban J connectivity index is 1.07. The zero-order valence-corrected chi connectivity index (χ0v) is 32.3. The van der Waals surface area contributed by atoms with E-state index in [-0.39, 0.29) is 0 Å². The summed E-state index contributed by atoms with van der Waals surface area (Å²) in [5.41, 5.74) is 18.0. The maximum Gasteiger partial charge on any atom is 0.160 e. The van der Waals surface area contributed by atoms with Gasteiger partial charge in [-0.15, -0.1) is 0 Å². The molecule has 0 aliphatic heterocycles. The quantitative estimate of drug-likeness (QED) is 0.162. The average molecular weight is 751 g/mol. The van der Waals surface area contributed by atoms with Gasteiger partial charge in [-0.2, -0.15) is 0 Å². The van der Waals surface area contributed by atoms with Gasteiger partial charge >= 0.3 is 0 Å². The van der Waals surface area contributed by atoms with Crippen molar-refractivity contribution >= 4 is 10.9 Å². The van der Waals surface area contributed by atoms with Crippen molar-refractivity contribution < 1.29 is 0 Å². The van der Waals surface area contributed by atoms with Gasteiger partial charge in [0.05, 0.1) is 16.6 Å². The van der Waals surface area contributed by atoms with Crippen LogP contribution < -0.4 is 0 Å². The minimum atomic E-state index is -0.459. The summed E-state index contributed by atoms with van der Waals surface area (Å²) < 4.78 is 0. The minimum absolute atomic E-state index is 0.459. The van der Waals surface area contributed by atoms with Crippen molar-refractivity contribution in [3.05, 3.63) is 253 Å². The van der Waals surface area contributed by atoms with Crippen LogP contribution in [0.3, 0.4) is 0 Å². The lowest BCUT2D eigenvalue weighted by Gasteiger charge is -2.34. The van der Waals surface area contributed by atoms with Crippen molar-refractivity contribution in [1.29, 1.82) is 0 Å². The second-order valence-electron chi connectivity index (χ2n) is 15.3. The van der Waals surface area contributed by atoms with Crippen LogP contribution in [0.2, 0.25) is 0 Å². The highest BCUT2D eigenvalue weighted by molar-refractivity contribution is 5.94. The van der Waals surface area contributed by atoms with E-state index in [1.54, 1.807) is 0 Å². The van der Waals surface area contributed by atoms with E-state index in [2.05, 4.69) is 218 Å². The highest BCUT2D eigenvalue weighted by Gasteiger charge is 2.45. The first kappa shape index (κ1) is 34.6. The first-order chi connectivity index (χ1) is 29.2. The molecule has 0 amide bonds. The molecular weight excluding hydrogens is 713 g/mol. The van der Waals surface area contributed by atoms with E-state index in [0.29, 0.717) is 5.82 Å². The van der Waals surface area contributed by atoms with Crippen LogP contribution >= 0.6 is 0 Å². The SMILES string of the molecule is c1ccc(-c2cc(-c3cccc(-c4cccc(C5(c6ccccc6)c6ccccc6-c6ccccc65)c4)c3)cc(-c3nc(-c4ccccc4)c4ccccc4n3)c2)cc1. The maximum atomic E-state index is 5.28. The lowest BCUT2D eigenvalue weighted by molar-refractivity contribution is 0.769. The van der Waals surface area contributed by atoms with E-state index in [1.165, 1.54) is 38.9 Å². The first-order valence-electron chi connectivity index (χ1n) is 20.2. The second kappa shape index (κ2) is 14.4. The lowest BCUT2D eigenvalue weighted by Crippen LogP contribution is -2.28. The van der Waals surface area contributed by atoms with Gasteiger partial charge < -0.3 is 0 Å². The fourth-order valence-electron chi connectivity index (χ4n) is 9.26. The Morgan fingerprint density at radius 2 is 0.746 bits per heavy atom. The molecule has 0 spiro atoms. The van der Waals surface area contributed by atoms with Crippen LogP contribution in [0.4, 0.5) is 0 Å². The first-order valence-corrected chi connectivity index (χ1v) is 20.2. The number of para-hydroxylation sites is 1. The normalized spacial score (nSPS) is 12.5. The zero-order valence-electron chi connectivity index (χ0n) is 32.3. The lowest BCUT2D eigenvalue weighted by atomic mass is 9.67. The van der Waals surface area contributed by atoms with Crippen molar-refractivity contribution in [3.63, 3.8) is 0 Å². The molecule has 0 bridgehead atoms. The van der Waals surface area contributed by atoms with Gasteiger partial charge in [0.15, 0.2) is 5.82 Å². The Morgan fingerprint density at radius 3 is 1.44 bits per heavy atom. The number of benzene rings is 9. The summed E-state index contributed by atoms with van der Waals surface area (Å²) in [6, 6.07) is 83.1. The topological polar surface area (TPSA) is 25.8 Å². The molecule has 1 aliphatic carbocycles. The van der Waals surface area contributed by atoms with E-state index < -0.39 is 5.41 Å². The minimum Gasteiger partial charge on any atom is -0.228 e. The van der Waals surface area contributed by atoms with Gasteiger partial charge in [-0.05, 0) is 103 Å². The van der Waals surface area contributed by atoms with Crippen LogP contribution in [0.25, 0.3) is 78.1 Å². The number of fused-ring (bicyclic) bond motifs is 4. The third kappa shape index (κ3) is 5.88. The number of hydrogen-bond acceptors (Lipinski definition) is 2. The Labute approximate surface area is 344 Å². The summed E-state index contributed by atoms with van der Waals surface area (Å²) >= 11 is 0. The van der Waals surface area contributed by atoms with Gasteiger partial charge in [-0.1, -0.05) is 194 Å². The van der Waals surface area contributed by atoms with Crippen molar-refractivity contribution in [2.45, 2.75) is 5.41 Å². The molecular formula is C57H38N2. The van der Waals surface area contributed by atoms with Crippen molar-refractivity contribution in [2.75, 3.05) is 0 Å². The molecule has 0 saturated carbocycles. The van der Waals surface area contributed by atoms with E-state index in [9.17, 15) is 0 Å². The molecule has 0 radical (unpaired) electrons. The number of hydrogen-bond donors (Lipinski definition) is 0. The van der Waals surface area contributed by atoms with Gasteiger partial charge in [-0.25, -0.2) is 9.97 Å². The summed E-state index contributed by atoms with van der Waals surface area (Å²) in [5, 5.41) is 1.04. The molecule has 0 fully saturated rings. The fourth-order valence-corrected chi connectivity index (χ4v) is 9.26.